The molecule has 2 N–H and O–H groups in total. The number of carbonyl (C=O) groups is 1. The molecule has 1 aromatic carbocycles. The molecule has 0 radical (unpaired) electrons. The molecule has 6 nitrogen and oxygen atoms in total. The zero-order chi connectivity index (χ0) is 15.2. The lowest BCUT2D eigenvalue weighted by Gasteiger charge is -2.02. The summed E-state index contributed by atoms with van der Waals surface area (Å²) in [5.41, 5.74) is 1.31. The van der Waals surface area contributed by atoms with Crippen LogP contribution in [-0.4, -0.2) is 22.2 Å². The van der Waals surface area contributed by atoms with Crippen molar-refractivity contribution in [2.24, 2.45) is 0 Å². The second kappa shape index (κ2) is 7.06. The number of hydrogen-bond acceptors (Lipinski definition) is 4. The molecule has 0 atom stereocenters. The van der Waals surface area contributed by atoms with Crippen molar-refractivity contribution in [3.63, 3.8) is 0 Å². The van der Waals surface area contributed by atoms with Gasteiger partial charge in [-0.15, -0.1) is 0 Å². The number of urea groups is 1. The van der Waals surface area contributed by atoms with E-state index in [0.717, 1.165) is 32.1 Å². The summed E-state index contributed by atoms with van der Waals surface area (Å²) in [6.45, 7) is 0.268. The van der Waals surface area contributed by atoms with Crippen LogP contribution < -0.4 is 10.6 Å². The van der Waals surface area contributed by atoms with Crippen molar-refractivity contribution in [3.8, 4) is 0 Å². The SMILES string of the molecule is O=C(NCc1nc(CCCc2ccccc2)no1)NC1CC1. The first-order valence-corrected chi connectivity index (χ1v) is 7.69. The van der Waals surface area contributed by atoms with Crippen LogP contribution in [0.3, 0.4) is 0 Å². The van der Waals surface area contributed by atoms with Crippen molar-refractivity contribution in [2.75, 3.05) is 0 Å². The van der Waals surface area contributed by atoms with Crippen LogP contribution in [0.25, 0.3) is 0 Å². The van der Waals surface area contributed by atoms with Crippen LogP contribution in [0.2, 0.25) is 0 Å². The molecule has 2 amide bonds. The summed E-state index contributed by atoms with van der Waals surface area (Å²) in [6.07, 6.45) is 4.87. The monoisotopic (exact) mass is 300 g/mol. The molecule has 3 rings (SSSR count). The molecular weight excluding hydrogens is 280 g/mol. The molecule has 1 saturated carbocycles. The highest BCUT2D eigenvalue weighted by atomic mass is 16.5. The summed E-state index contributed by atoms with van der Waals surface area (Å²) in [7, 11) is 0. The number of nitrogens with zero attached hydrogens (tertiary/aromatic N) is 2. The van der Waals surface area contributed by atoms with Gasteiger partial charge in [0, 0.05) is 12.5 Å². The van der Waals surface area contributed by atoms with E-state index in [9.17, 15) is 4.79 Å². The second-order valence-electron chi connectivity index (χ2n) is 5.54. The van der Waals surface area contributed by atoms with Crippen LogP contribution in [0.5, 0.6) is 0 Å². The second-order valence-corrected chi connectivity index (χ2v) is 5.54. The molecular formula is C16H20N4O2. The molecule has 116 valence electrons. The quantitative estimate of drug-likeness (QED) is 0.821. The number of aryl methyl sites for hydroxylation is 2. The Morgan fingerprint density at radius 3 is 2.82 bits per heavy atom. The Bertz CT molecular complexity index is 608. The summed E-state index contributed by atoms with van der Waals surface area (Å²) >= 11 is 0. The fraction of sp³-hybridized carbons (Fsp3) is 0.438. The molecule has 0 spiro atoms. The number of benzene rings is 1. The molecule has 0 aliphatic heterocycles. The highest BCUT2D eigenvalue weighted by Gasteiger charge is 2.23. The third-order valence-electron chi connectivity index (χ3n) is 3.53. The van der Waals surface area contributed by atoms with Crippen LogP contribution in [0.15, 0.2) is 34.9 Å². The molecule has 1 fully saturated rings. The van der Waals surface area contributed by atoms with E-state index >= 15 is 0 Å². The fourth-order valence-corrected chi connectivity index (χ4v) is 2.18. The Hall–Kier alpha value is -2.37. The van der Waals surface area contributed by atoms with Gasteiger partial charge < -0.3 is 15.2 Å². The lowest BCUT2D eigenvalue weighted by Crippen LogP contribution is -2.36. The Labute approximate surface area is 129 Å². The lowest BCUT2D eigenvalue weighted by molar-refractivity contribution is 0.238. The molecule has 0 unspecified atom stereocenters. The van der Waals surface area contributed by atoms with Crippen molar-refractivity contribution < 1.29 is 9.32 Å². The average molecular weight is 300 g/mol. The van der Waals surface area contributed by atoms with E-state index in [1.54, 1.807) is 0 Å². The Morgan fingerprint density at radius 2 is 2.05 bits per heavy atom. The van der Waals surface area contributed by atoms with E-state index in [0.29, 0.717) is 17.8 Å². The number of amides is 2. The third-order valence-corrected chi connectivity index (χ3v) is 3.53. The van der Waals surface area contributed by atoms with Gasteiger partial charge in [0.2, 0.25) is 5.89 Å². The van der Waals surface area contributed by atoms with Gasteiger partial charge in [0.15, 0.2) is 5.82 Å². The Balaban J connectivity index is 1.38. The van der Waals surface area contributed by atoms with Gasteiger partial charge in [0.1, 0.15) is 0 Å². The summed E-state index contributed by atoms with van der Waals surface area (Å²) in [5, 5.41) is 9.50. The van der Waals surface area contributed by atoms with Crippen LogP contribution in [0.1, 0.15) is 36.5 Å². The zero-order valence-corrected chi connectivity index (χ0v) is 12.4. The van der Waals surface area contributed by atoms with Gasteiger partial charge in [-0.2, -0.15) is 4.98 Å². The smallest absolute Gasteiger partial charge is 0.315 e. The predicted molar refractivity (Wildman–Crippen MR) is 81.2 cm³/mol. The highest BCUT2D eigenvalue weighted by molar-refractivity contribution is 5.74. The zero-order valence-electron chi connectivity index (χ0n) is 12.4. The Morgan fingerprint density at radius 1 is 1.23 bits per heavy atom. The van der Waals surface area contributed by atoms with E-state index in [1.165, 1.54) is 5.56 Å². The van der Waals surface area contributed by atoms with E-state index in [1.807, 2.05) is 18.2 Å². The van der Waals surface area contributed by atoms with Crippen molar-refractivity contribution in [1.82, 2.24) is 20.8 Å². The minimum absolute atomic E-state index is 0.175. The van der Waals surface area contributed by atoms with E-state index in [2.05, 4.69) is 32.9 Å². The third kappa shape index (κ3) is 4.58. The summed E-state index contributed by atoms with van der Waals surface area (Å²) in [4.78, 5) is 15.8. The van der Waals surface area contributed by atoms with E-state index in [4.69, 9.17) is 4.52 Å². The van der Waals surface area contributed by atoms with Gasteiger partial charge in [-0.05, 0) is 31.2 Å². The maximum Gasteiger partial charge on any atom is 0.315 e. The van der Waals surface area contributed by atoms with Gasteiger partial charge >= 0.3 is 6.03 Å². The first-order chi connectivity index (χ1) is 10.8. The number of carbonyl (C=O) groups excluding carboxylic acids is 1. The van der Waals surface area contributed by atoms with Crippen molar-refractivity contribution in [1.29, 1.82) is 0 Å². The minimum Gasteiger partial charge on any atom is -0.337 e. The van der Waals surface area contributed by atoms with Crippen LogP contribution in [0.4, 0.5) is 4.79 Å². The molecule has 0 bridgehead atoms. The molecule has 6 heteroatoms. The normalized spacial score (nSPS) is 13.8. The standard InChI is InChI=1S/C16H20N4O2/c21-16(18-13-9-10-13)17-11-15-19-14(20-22-15)8-4-7-12-5-2-1-3-6-12/h1-3,5-6,13H,4,7-11H2,(H2,17,18,21). The topological polar surface area (TPSA) is 80.1 Å². The summed E-state index contributed by atoms with van der Waals surface area (Å²) in [5.74, 6) is 1.14. The van der Waals surface area contributed by atoms with Gasteiger partial charge in [0.05, 0.1) is 6.54 Å². The largest absolute Gasteiger partial charge is 0.337 e. The van der Waals surface area contributed by atoms with Crippen LogP contribution in [-0.2, 0) is 19.4 Å². The maximum atomic E-state index is 11.5. The van der Waals surface area contributed by atoms with Gasteiger partial charge in [-0.25, -0.2) is 4.79 Å². The number of rotatable bonds is 7. The average Bonchev–Trinajstić information content (AvgIpc) is 3.23. The van der Waals surface area contributed by atoms with E-state index in [-0.39, 0.29) is 12.6 Å². The molecule has 0 saturated heterocycles. The first kappa shape index (κ1) is 14.6. The van der Waals surface area contributed by atoms with Crippen molar-refractivity contribution in [2.45, 2.75) is 44.7 Å². The minimum atomic E-state index is -0.175. The van der Waals surface area contributed by atoms with E-state index < -0.39 is 0 Å². The van der Waals surface area contributed by atoms with Gasteiger partial charge in [0.25, 0.3) is 0 Å². The summed E-state index contributed by atoms with van der Waals surface area (Å²) < 4.78 is 5.13. The van der Waals surface area contributed by atoms with Gasteiger partial charge in [-0.3, -0.25) is 0 Å². The number of nitrogens with one attached hydrogen (secondary N) is 2. The lowest BCUT2D eigenvalue weighted by atomic mass is 10.1. The molecule has 1 aliphatic rings. The van der Waals surface area contributed by atoms with Crippen molar-refractivity contribution >= 4 is 6.03 Å². The molecule has 1 aliphatic carbocycles. The van der Waals surface area contributed by atoms with Crippen LogP contribution in [0, 0.1) is 0 Å². The molecule has 22 heavy (non-hydrogen) atoms. The fourth-order valence-electron chi connectivity index (χ4n) is 2.18. The Kier molecular flexibility index (Phi) is 4.68. The molecule has 1 aromatic heterocycles. The van der Waals surface area contributed by atoms with Crippen LogP contribution >= 0.6 is 0 Å². The predicted octanol–water partition coefficient (Wildman–Crippen LogP) is 2.21. The molecule has 1 heterocycles. The summed E-state index contributed by atoms with van der Waals surface area (Å²) in [6, 6.07) is 10.5. The molecule has 2 aromatic rings. The van der Waals surface area contributed by atoms with Gasteiger partial charge in [-0.1, -0.05) is 35.5 Å². The highest BCUT2D eigenvalue weighted by Crippen LogP contribution is 2.18. The first-order valence-electron chi connectivity index (χ1n) is 7.69. The number of aromatic nitrogens is 2. The number of hydrogen-bond donors (Lipinski definition) is 2. The maximum absolute atomic E-state index is 11.5. The van der Waals surface area contributed by atoms with Crippen molar-refractivity contribution in [3.05, 3.63) is 47.6 Å².